The highest BCUT2D eigenvalue weighted by Gasteiger charge is 2.38. The second-order valence-corrected chi connectivity index (χ2v) is 9.32. The Labute approximate surface area is 181 Å². The standard InChI is InChI=1S/C26H34N4/c1-17(2)21-15-29(23-13-9-7-11-19(23)5)25(27-21)26-28-22(18(3)4)16-30(26)24-14-10-8-12-20(24)6/h7-14,17-18,21-22H,15-16H2,1-6H3. The number of benzene rings is 2. The Morgan fingerprint density at radius 2 is 1.03 bits per heavy atom. The Kier molecular flexibility index (Phi) is 5.68. The van der Waals surface area contributed by atoms with Gasteiger partial charge >= 0.3 is 0 Å². The summed E-state index contributed by atoms with van der Waals surface area (Å²) in [5, 5.41) is 0. The van der Waals surface area contributed by atoms with Gasteiger partial charge in [-0.2, -0.15) is 0 Å². The first-order valence-corrected chi connectivity index (χ1v) is 11.2. The van der Waals surface area contributed by atoms with Gasteiger partial charge in [0.2, 0.25) is 0 Å². The highest BCUT2D eigenvalue weighted by molar-refractivity contribution is 6.50. The van der Waals surface area contributed by atoms with E-state index in [1.165, 1.54) is 22.5 Å². The number of nitrogens with zero attached hydrogens (tertiary/aromatic N) is 4. The molecule has 4 heteroatoms. The molecule has 0 N–H and O–H groups in total. The van der Waals surface area contributed by atoms with Crippen LogP contribution in [-0.4, -0.2) is 36.8 Å². The Balaban J connectivity index is 1.81. The Hall–Kier alpha value is -2.62. The molecular weight excluding hydrogens is 368 g/mol. The summed E-state index contributed by atoms with van der Waals surface area (Å²) in [4.78, 5) is 15.3. The lowest BCUT2D eigenvalue weighted by Crippen LogP contribution is -2.43. The van der Waals surface area contributed by atoms with Crippen LogP contribution in [0.25, 0.3) is 0 Å². The number of hydrogen-bond donors (Lipinski definition) is 0. The third-order valence-corrected chi connectivity index (χ3v) is 6.38. The third kappa shape index (κ3) is 3.76. The van der Waals surface area contributed by atoms with Crippen LogP contribution in [0.2, 0.25) is 0 Å². The van der Waals surface area contributed by atoms with E-state index in [0.29, 0.717) is 11.8 Å². The van der Waals surface area contributed by atoms with E-state index in [4.69, 9.17) is 9.98 Å². The first kappa shape index (κ1) is 20.6. The highest BCUT2D eigenvalue weighted by atomic mass is 15.4. The molecule has 0 saturated heterocycles. The quantitative estimate of drug-likeness (QED) is 0.662. The van der Waals surface area contributed by atoms with Gasteiger partial charge in [0.05, 0.1) is 12.1 Å². The number of amidine groups is 2. The number of para-hydroxylation sites is 2. The van der Waals surface area contributed by atoms with Gasteiger partial charge in [-0.05, 0) is 48.9 Å². The molecule has 2 aromatic rings. The molecule has 2 aliphatic heterocycles. The zero-order chi connectivity index (χ0) is 21.4. The van der Waals surface area contributed by atoms with Crippen LogP contribution >= 0.6 is 0 Å². The Bertz CT molecular complexity index is 893. The summed E-state index contributed by atoms with van der Waals surface area (Å²) in [5.74, 6) is 3.02. The molecule has 2 atom stereocenters. The average Bonchev–Trinajstić information content (AvgIpc) is 3.33. The average molecular weight is 403 g/mol. The molecule has 0 aromatic heterocycles. The van der Waals surface area contributed by atoms with E-state index in [9.17, 15) is 0 Å². The van der Waals surface area contributed by atoms with E-state index in [1.807, 2.05) is 0 Å². The number of rotatable bonds is 5. The van der Waals surface area contributed by atoms with Crippen molar-refractivity contribution in [3.05, 3.63) is 59.7 Å². The normalized spacial score (nSPS) is 21.6. The first-order valence-electron chi connectivity index (χ1n) is 11.2. The summed E-state index contributed by atoms with van der Waals surface area (Å²) >= 11 is 0. The van der Waals surface area contributed by atoms with Gasteiger partial charge in [0.15, 0.2) is 11.7 Å². The fraction of sp³-hybridized carbons (Fsp3) is 0.462. The van der Waals surface area contributed by atoms with E-state index in [2.05, 4.69) is 99.9 Å². The van der Waals surface area contributed by atoms with Crippen molar-refractivity contribution in [2.75, 3.05) is 22.9 Å². The molecular formula is C26H34N4. The topological polar surface area (TPSA) is 31.2 Å². The summed E-state index contributed by atoms with van der Waals surface area (Å²) in [6.45, 7) is 15.2. The van der Waals surface area contributed by atoms with Crippen LogP contribution in [0.4, 0.5) is 11.4 Å². The maximum absolute atomic E-state index is 5.24. The van der Waals surface area contributed by atoms with E-state index < -0.39 is 0 Å². The molecule has 0 spiro atoms. The van der Waals surface area contributed by atoms with Gasteiger partial charge in [0, 0.05) is 24.5 Å². The minimum Gasteiger partial charge on any atom is -0.321 e. The van der Waals surface area contributed by atoms with Gasteiger partial charge in [0.1, 0.15) is 0 Å². The first-order chi connectivity index (χ1) is 14.4. The zero-order valence-corrected chi connectivity index (χ0v) is 19.1. The number of anilines is 2. The minimum atomic E-state index is 0.277. The number of hydrogen-bond acceptors (Lipinski definition) is 4. The van der Waals surface area contributed by atoms with Gasteiger partial charge in [-0.25, -0.2) is 0 Å². The van der Waals surface area contributed by atoms with Crippen molar-refractivity contribution in [1.82, 2.24) is 0 Å². The van der Waals surface area contributed by atoms with Crippen molar-refractivity contribution in [3.8, 4) is 0 Å². The lowest BCUT2D eigenvalue weighted by atomic mass is 10.1. The van der Waals surface area contributed by atoms with Crippen molar-refractivity contribution in [3.63, 3.8) is 0 Å². The molecule has 4 nitrogen and oxygen atoms in total. The van der Waals surface area contributed by atoms with Crippen molar-refractivity contribution in [2.45, 2.75) is 53.6 Å². The maximum Gasteiger partial charge on any atom is 0.172 e. The lowest BCUT2D eigenvalue weighted by Gasteiger charge is -2.28. The molecule has 2 aromatic carbocycles. The molecule has 2 aliphatic rings. The molecule has 0 bridgehead atoms. The maximum atomic E-state index is 5.24. The van der Waals surface area contributed by atoms with Gasteiger partial charge in [-0.1, -0.05) is 64.1 Å². The molecule has 0 amide bonds. The van der Waals surface area contributed by atoms with Crippen LogP contribution in [-0.2, 0) is 0 Å². The third-order valence-electron chi connectivity index (χ3n) is 6.38. The SMILES string of the molecule is Cc1ccccc1N1CC(C(C)C)N=C1C1=NC(C(C)C)CN1c1ccccc1C. The molecule has 2 unspecified atom stereocenters. The highest BCUT2D eigenvalue weighted by Crippen LogP contribution is 2.32. The molecule has 0 aliphatic carbocycles. The molecule has 30 heavy (non-hydrogen) atoms. The van der Waals surface area contributed by atoms with Crippen LogP contribution in [0.5, 0.6) is 0 Å². The Morgan fingerprint density at radius 1 is 0.667 bits per heavy atom. The number of aliphatic imine (C=N–C) groups is 2. The summed E-state index contributed by atoms with van der Waals surface area (Å²) in [6.07, 6.45) is 0. The molecule has 158 valence electrons. The fourth-order valence-corrected chi connectivity index (χ4v) is 4.32. The van der Waals surface area contributed by atoms with Gasteiger partial charge in [-0.15, -0.1) is 0 Å². The molecule has 4 rings (SSSR count). The molecule has 0 fully saturated rings. The Morgan fingerprint density at radius 3 is 1.37 bits per heavy atom. The van der Waals surface area contributed by atoms with E-state index in [0.717, 1.165) is 24.8 Å². The second-order valence-electron chi connectivity index (χ2n) is 9.32. The molecule has 0 radical (unpaired) electrons. The smallest absolute Gasteiger partial charge is 0.172 e. The second kappa shape index (κ2) is 8.25. The van der Waals surface area contributed by atoms with Crippen molar-refractivity contribution in [1.29, 1.82) is 0 Å². The predicted molar refractivity (Wildman–Crippen MR) is 129 cm³/mol. The fourth-order valence-electron chi connectivity index (χ4n) is 4.32. The van der Waals surface area contributed by atoms with Crippen LogP contribution in [0.1, 0.15) is 38.8 Å². The van der Waals surface area contributed by atoms with Crippen LogP contribution < -0.4 is 9.80 Å². The summed E-state index contributed by atoms with van der Waals surface area (Å²) in [7, 11) is 0. The van der Waals surface area contributed by atoms with Gasteiger partial charge in [0.25, 0.3) is 0 Å². The van der Waals surface area contributed by atoms with Crippen LogP contribution in [0, 0.1) is 25.7 Å². The lowest BCUT2D eigenvalue weighted by molar-refractivity contribution is 0.521. The zero-order valence-electron chi connectivity index (χ0n) is 19.1. The van der Waals surface area contributed by atoms with Crippen LogP contribution in [0.15, 0.2) is 58.5 Å². The van der Waals surface area contributed by atoms with Crippen molar-refractivity contribution >= 4 is 23.0 Å². The van der Waals surface area contributed by atoms with Gasteiger partial charge in [-0.3, -0.25) is 9.98 Å². The monoisotopic (exact) mass is 402 g/mol. The van der Waals surface area contributed by atoms with Crippen molar-refractivity contribution < 1.29 is 0 Å². The summed E-state index contributed by atoms with van der Waals surface area (Å²) in [6, 6.07) is 17.8. The van der Waals surface area contributed by atoms with E-state index >= 15 is 0 Å². The minimum absolute atomic E-state index is 0.277. The number of aryl methyl sites for hydroxylation is 2. The molecule has 0 saturated carbocycles. The largest absolute Gasteiger partial charge is 0.321 e. The predicted octanol–water partition coefficient (Wildman–Crippen LogP) is 5.49. The van der Waals surface area contributed by atoms with Crippen molar-refractivity contribution in [2.24, 2.45) is 21.8 Å². The van der Waals surface area contributed by atoms with E-state index in [1.54, 1.807) is 0 Å². The summed E-state index contributed by atoms with van der Waals surface area (Å²) < 4.78 is 0. The van der Waals surface area contributed by atoms with E-state index in [-0.39, 0.29) is 12.1 Å². The van der Waals surface area contributed by atoms with Gasteiger partial charge < -0.3 is 9.80 Å². The van der Waals surface area contributed by atoms with Crippen LogP contribution in [0.3, 0.4) is 0 Å². The summed E-state index contributed by atoms with van der Waals surface area (Å²) in [5.41, 5.74) is 5.02. The molecule has 2 heterocycles.